The summed E-state index contributed by atoms with van der Waals surface area (Å²) in [6.45, 7) is 2.25. The molecule has 0 aromatic heterocycles. The number of rotatable bonds is 6. The molecule has 3 aromatic carbocycles. The largest absolute Gasteiger partial charge is 0.450 e. The van der Waals surface area contributed by atoms with Crippen LogP contribution >= 0.6 is 0 Å². The monoisotopic (exact) mass is 344 g/mol. The average Bonchev–Trinajstić information content (AvgIpc) is 2.70. The third-order valence-electron chi connectivity index (χ3n) is 4.96. The molecule has 2 nitrogen and oxygen atoms in total. The Kier molecular flexibility index (Phi) is 4.92. The lowest BCUT2D eigenvalue weighted by Crippen LogP contribution is -2.07. The fourth-order valence-electron chi connectivity index (χ4n) is 3.63. The van der Waals surface area contributed by atoms with Crippen molar-refractivity contribution in [3.63, 3.8) is 0 Å². The minimum atomic E-state index is 0.312. The third-order valence-corrected chi connectivity index (χ3v) is 4.96. The molecule has 26 heavy (non-hydrogen) atoms. The van der Waals surface area contributed by atoms with Crippen LogP contribution in [0.1, 0.15) is 49.7 Å². The Bertz CT molecular complexity index is 870. The molecule has 2 heteroatoms. The van der Waals surface area contributed by atoms with Gasteiger partial charge >= 0.3 is 0 Å². The van der Waals surface area contributed by atoms with Crippen LogP contribution < -0.4 is 9.47 Å². The van der Waals surface area contributed by atoms with Gasteiger partial charge in [0.15, 0.2) is 23.0 Å². The van der Waals surface area contributed by atoms with Gasteiger partial charge in [-0.3, -0.25) is 0 Å². The van der Waals surface area contributed by atoms with Crippen molar-refractivity contribution in [1.82, 2.24) is 0 Å². The summed E-state index contributed by atoms with van der Waals surface area (Å²) >= 11 is 0. The number of fused-ring (bicyclic) bond motifs is 2. The Hall–Kier alpha value is -2.74. The van der Waals surface area contributed by atoms with Crippen LogP contribution in [0.4, 0.5) is 0 Å². The second kappa shape index (κ2) is 7.65. The van der Waals surface area contributed by atoms with Gasteiger partial charge in [0.1, 0.15) is 0 Å². The van der Waals surface area contributed by atoms with Gasteiger partial charge in [0.2, 0.25) is 0 Å². The zero-order valence-electron chi connectivity index (χ0n) is 15.2. The fraction of sp³-hybridized carbons (Fsp3) is 0.250. The van der Waals surface area contributed by atoms with Crippen molar-refractivity contribution in [2.45, 2.75) is 38.5 Å². The maximum atomic E-state index is 6.29. The van der Waals surface area contributed by atoms with E-state index >= 15 is 0 Å². The van der Waals surface area contributed by atoms with E-state index in [1.54, 1.807) is 0 Å². The van der Waals surface area contributed by atoms with Crippen LogP contribution in [-0.2, 0) is 0 Å². The first-order valence-corrected chi connectivity index (χ1v) is 9.49. The van der Waals surface area contributed by atoms with E-state index in [4.69, 9.17) is 9.47 Å². The lowest BCUT2D eigenvalue weighted by Gasteiger charge is -2.26. The fourth-order valence-corrected chi connectivity index (χ4v) is 3.63. The minimum absolute atomic E-state index is 0.312. The van der Waals surface area contributed by atoms with Crippen LogP contribution in [0.15, 0.2) is 72.8 Å². The standard InChI is InChI=1S/C24H24O2/c1-2-3-5-13-19(18-11-6-4-7-12-18)20-14-10-17-23-24(20)26-22-16-9-8-15-21(22)25-23/h4,6-12,14-17,19H,2-3,5,13H2,1H3. The molecule has 1 unspecified atom stereocenters. The molecular formula is C24H24O2. The van der Waals surface area contributed by atoms with Crippen molar-refractivity contribution in [1.29, 1.82) is 0 Å². The highest BCUT2D eigenvalue weighted by Gasteiger charge is 2.25. The van der Waals surface area contributed by atoms with Crippen LogP contribution in [0.3, 0.4) is 0 Å². The van der Waals surface area contributed by atoms with E-state index in [1.807, 2.05) is 30.3 Å². The van der Waals surface area contributed by atoms with Crippen LogP contribution in [0.5, 0.6) is 23.0 Å². The number of hydrogen-bond acceptors (Lipinski definition) is 2. The van der Waals surface area contributed by atoms with Gasteiger partial charge in [-0.15, -0.1) is 0 Å². The van der Waals surface area contributed by atoms with E-state index in [2.05, 4.69) is 49.4 Å². The molecule has 1 atom stereocenters. The Balaban J connectivity index is 1.73. The molecule has 0 amide bonds. The summed E-state index contributed by atoms with van der Waals surface area (Å²) in [7, 11) is 0. The van der Waals surface area contributed by atoms with E-state index in [0.717, 1.165) is 29.4 Å². The van der Waals surface area contributed by atoms with E-state index in [0.29, 0.717) is 5.92 Å². The topological polar surface area (TPSA) is 18.5 Å². The lowest BCUT2D eigenvalue weighted by atomic mass is 9.86. The molecule has 0 aliphatic carbocycles. The predicted molar refractivity (Wildman–Crippen MR) is 105 cm³/mol. The van der Waals surface area contributed by atoms with Gasteiger partial charge in [-0.2, -0.15) is 0 Å². The van der Waals surface area contributed by atoms with Gasteiger partial charge in [-0.25, -0.2) is 0 Å². The Labute approximate surface area is 155 Å². The number of ether oxygens (including phenoxy) is 2. The summed E-state index contributed by atoms with van der Waals surface area (Å²) in [6.07, 6.45) is 4.79. The SMILES string of the molecule is CCCCCC(c1ccccc1)c1cccc2c1Oc1ccccc1O2. The molecule has 0 saturated heterocycles. The summed E-state index contributed by atoms with van der Waals surface area (Å²) in [6, 6.07) is 24.8. The van der Waals surface area contributed by atoms with Gasteiger partial charge in [0, 0.05) is 11.5 Å². The molecule has 0 N–H and O–H groups in total. The molecule has 1 aliphatic heterocycles. The van der Waals surface area contributed by atoms with Crippen LogP contribution in [0.25, 0.3) is 0 Å². The molecule has 0 saturated carbocycles. The third kappa shape index (κ3) is 3.32. The Morgan fingerprint density at radius 2 is 1.38 bits per heavy atom. The van der Waals surface area contributed by atoms with Crippen molar-refractivity contribution in [3.8, 4) is 23.0 Å². The molecule has 1 heterocycles. The summed E-state index contributed by atoms with van der Waals surface area (Å²) in [5, 5.41) is 0. The van der Waals surface area contributed by atoms with E-state index in [-0.39, 0.29) is 0 Å². The second-order valence-corrected chi connectivity index (χ2v) is 6.78. The number of hydrogen-bond donors (Lipinski definition) is 0. The summed E-state index contributed by atoms with van der Waals surface area (Å²) < 4.78 is 12.4. The molecule has 3 aromatic rings. The predicted octanol–water partition coefficient (Wildman–Crippen LogP) is 7.30. The molecule has 4 rings (SSSR count). The average molecular weight is 344 g/mol. The molecule has 0 spiro atoms. The van der Waals surface area contributed by atoms with Crippen LogP contribution in [0.2, 0.25) is 0 Å². The maximum Gasteiger partial charge on any atom is 0.173 e. The molecule has 1 aliphatic rings. The normalized spacial score (nSPS) is 13.1. The van der Waals surface area contributed by atoms with E-state index in [1.165, 1.54) is 30.4 Å². The second-order valence-electron chi connectivity index (χ2n) is 6.78. The van der Waals surface area contributed by atoms with Crippen molar-refractivity contribution < 1.29 is 9.47 Å². The Morgan fingerprint density at radius 1 is 0.692 bits per heavy atom. The zero-order chi connectivity index (χ0) is 17.8. The van der Waals surface area contributed by atoms with E-state index < -0.39 is 0 Å². The first kappa shape index (κ1) is 16.7. The number of unbranched alkanes of at least 4 members (excludes halogenated alkanes) is 2. The van der Waals surface area contributed by atoms with Gasteiger partial charge in [0.25, 0.3) is 0 Å². The van der Waals surface area contributed by atoms with Gasteiger partial charge in [-0.1, -0.05) is 80.8 Å². The molecule has 0 fully saturated rings. The van der Waals surface area contributed by atoms with Gasteiger partial charge < -0.3 is 9.47 Å². The van der Waals surface area contributed by atoms with Crippen molar-refractivity contribution in [2.24, 2.45) is 0 Å². The van der Waals surface area contributed by atoms with E-state index in [9.17, 15) is 0 Å². The summed E-state index contributed by atoms with van der Waals surface area (Å²) in [5.74, 6) is 3.54. The summed E-state index contributed by atoms with van der Waals surface area (Å²) in [5.41, 5.74) is 2.54. The molecular weight excluding hydrogens is 320 g/mol. The van der Waals surface area contributed by atoms with Crippen LogP contribution in [0, 0.1) is 0 Å². The smallest absolute Gasteiger partial charge is 0.173 e. The first-order valence-electron chi connectivity index (χ1n) is 9.49. The van der Waals surface area contributed by atoms with Crippen molar-refractivity contribution in [2.75, 3.05) is 0 Å². The quantitative estimate of drug-likeness (QED) is 0.342. The first-order chi connectivity index (χ1) is 12.9. The van der Waals surface area contributed by atoms with Gasteiger partial charge in [0.05, 0.1) is 0 Å². The number of para-hydroxylation sites is 3. The highest BCUT2D eigenvalue weighted by molar-refractivity contribution is 5.59. The zero-order valence-corrected chi connectivity index (χ0v) is 15.2. The Morgan fingerprint density at radius 3 is 2.15 bits per heavy atom. The van der Waals surface area contributed by atoms with Crippen molar-refractivity contribution >= 4 is 0 Å². The lowest BCUT2D eigenvalue weighted by molar-refractivity contribution is 0.354. The van der Waals surface area contributed by atoms with Crippen molar-refractivity contribution in [3.05, 3.63) is 83.9 Å². The molecule has 132 valence electrons. The molecule has 0 bridgehead atoms. The van der Waals surface area contributed by atoms with Crippen LogP contribution in [-0.4, -0.2) is 0 Å². The highest BCUT2D eigenvalue weighted by atomic mass is 16.6. The van der Waals surface area contributed by atoms with Gasteiger partial charge in [-0.05, 0) is 30.2 Å². The molecule has 0 radical (unpaired) electrons. The minimum Gasteiger partial charge on any atom is -0.450 e. The summed E-state index contributed by atoms with van der Waals surface area (Å²) in [4.78, 5) is 0. The number of benzene rings is 3. The maximum absolute atomic E-state index is 6.29. The highest BCUT2D eigenvalue weighted by Crippen LogP contribution is 2.49.